The number of rotatable bonds is 2. The van der Waals surface area contributed by atoms with Crippen LogP contribution in [0.5, 0.6) is 0 Å². The van der Waals surface area contributed by atoms with Crippen molar-refractivity contribution in [2.24, 2.45) is 0 Å². The summed E-state index contributed by atoms with van der Waals surface area (Å²) in [6, 6.07) is 2.88. The molecule has 98 valence electrons. The molecular weight excluding hydrogens is 334 g/mol. The van der Waals surface area contributed by atoms with Gasteiger partial charge in [0.05, 0.1) is 5.56 Å². The lowest BCUT2D eigenvalue weighted by Gasteiger charge is -2.07. The predicted molar refractivity (Wildman–Crippen MR) is 74.3 cm³/mol. The molecule has 2 rings (SSSR count). The molecule has 2 aromatic heterocycles. The molecular formula is C10H4Cl4N4O. The second-order valence-corrected chi connectivity index (χ2v) is 4.73. The van der Waals surface area contributed by atoms with Crippen LogP contribution in [0.2, 0.25) is 20.5 Å². The molecule has 0 fully saturated rings. The van der Waals surface area contributed by atoms with Gasteiger partial charge in [-0.2, -0.15) is 0 Å². The van der Waals surface area contributed by atoms with Crippen LogP contribution < -0.4 is 5.32 Å². The molecule has 19 heavy (non-hydrogen) atoms. The zero-order valence-corrected chi connectivity index (χ0v) is 12.0. The van der Waals surface area contributed by atoms with Gasteiger partial charge < -0.3 is 5.32 Å². The summed E-state index contributed by atoms with van der Waals surface area (Å²) in [4.78, 5) is 23.2. The molecule has 1 amide bonds. The van der Waals surface area contributed by atoms with Crippen LogP contribution in [-0.2, 0) is 0 Å². The minimum absolute atomic E-state index is 0.0266. The van der Waals surface area contributed by atoms with Crippen LogP contribution in [0, 0.1) is 0 Å². The fourth-order valence-electron chi connectivity index (χ4n) is 1.19. The molecule has 0 unspecified atom stereocenters. The molecule has 0 bridgehead atoms. The monoisotopic (exact) mass is 336 g/mol. The van der Waals surface area contributed by atoms with Gasteiger partial charge in [0.1, 0.15) is 21.7 Å². The summed E-state index contributed by atoms with van der Waals surface area (Å²) in [6.07, 6.45) is 1.17. The Balaban J connectivity index is 2.28. The Bertz CT molecular complexity index is 649. The molecule has 0 aliphatic heterocycles. The van der Waals surface area contributed by atoms with Crippen LogP contribution in [-0.4, -0.2) is 20.9 Å². The first-order valence-electron chi connectivity index (χ1n) is 4.78. The number of anilines is 1. The normalized spacial score (nSPS) is 10.3. The van der Waals surface area contributed by atoms with Gasteiger partial charge in [-0.25, -0.2) is 15.0 Å². The topological polar surface area (TPSA) is 67.8 Å². The van der Waals surface area contributed by atoms with E-state index in [0.29, 0.717) is 0 Å². The second kappa shape index (κ2) is 5.88. The van der Waals surface area contributed by atoms with Crippen molar-refractivity contribution in [2.45, 2.75) is 0 Å². The highest BCUT2D eigenvalue weighted by Crippen LogP contribution is 2.26. The Morgan fingerprint density at radius 3 is 2.47 bits per heavy atom. The lowest BCUT2D eigenvalue weighted by molar-refractivity contribution is 0.102. The molecule has 0 atom stereocenters. The predicted octanol–water partition coefficient (Wildman–Crippen LogP) is 3.74. The van der Waals surface area contributed by atoms with Crippen molar-refractivity contribution in [1.82, 2.24) is 15.0 Å². The van der Waals surface area contributed by atoms with Gasteiger partial charge in [-0.3, -0.25) is 4.79 Å². The molecule has 9 heteroatoms. The zero-order chi connectivity index (χ0) is 14.0. The maximum Gasteiger partial charge on any atom is 0.259 e. The standard InChI is InChI=1S/C10H4Cl4N4O/c11-5-2-1-4(7(13)17-5)10(19)18-9-6(12)8(14)15-3-16-9/h1-3H,(H,15,16,18,19). The van der Waals surface area contributed by atoms with E-state index in [1.807, 2.05) is 0 Å². The third-order valence-corrected chi connectivity index (χ3v) is 3.28. The Morgan fingerprint density at radius 2 is 1.79 bits per heavy atom. The second-order valence-electron chi connectivity index (χ2n) is 3.25. The first-order valence-corrected chi connectivity index (χ1v) is 6.29. The molecule has 0 saturated carbocycles. The number of hydrogen-bond donors (Lipinski definition) is 1. The maximum absolute atomic E-state index is 12.0. The highest BCUT2D eigenvalue weighted by molar-refractivity contribution is 6.43. The van der Waals surface area contributed by atoms with E-state index in [4.69, 9.17) is 46.4 Å². The van der Waals surface area contributed by atoms with Crippen LogP contribution in [0.3, 0.4) is 0 Å². The van der Waals surface area contributed by atoms with Gasteiger partial charge in [-0.1, -0.05) is 46.4 Å². The van der Waals surface area contributed by atoms with E-state index in [2.05, 4.69) is 20.3 Å². The van der Waals surface area contributed by atoms with Crippen molar-refractivity contribution >= 4 is 58.1 Å². The van der Waals surface area contributed by atoms with E-state index in [1.54, 1.807) is 0 Å². The van der Waals surface area contributed by atoms with Crippen molar-refractivity contribution in [3.05, 3.63) is 44.5 Å². The molecule has 0 saturated heterocycles. The SMILES string of the molecule is O=C(Nc1ncnc(Cl)c1Cl)c1ccc(Cl)nc1Cl. The van der Waals surface area contributed by atoms with Crippen LogP contribution in [0.1, 0.15) is 10.4 Å². The van der Waals surface area contributed by atoms with Gasteiger partial charge in [0, 0.05) is 0 Å². The quantitative estimate of drug-likeness (QED) is 0.669. The number of carbonyl (C=O) groups is 1. The molecule has 2 aromatic rings. The van der Waals surface area contributed by atoms with E-state index in [0.717, 1.165) is 0 Å². The van der Waals surface area contributed by atoms with Gasteiger partial charge in [0.15, 0.2) is 11.0 Å². The fourth-order valence-corrected chi connectivity index (χ4v) is 1.90. The minimum atomic E-state index is -0.536. The molecule has 0 aliphatic carbocycles. The van der Waals surface area contributed by atoms with Crippen molar-refractivity contribution < 1.29 is 4.79 Å². The average molecular weight is 338 g/mol. The van der Waals surface area contributed by atoms with E-state index < -0.39 is 5.91 Å². The summed E-state index contributed by atoms with van der Waals surface area (Å²) in [5, 5.41) is 2.68. The molecule has 2 heterocycles. The number of pyridine rings is 1. The van der Waals surface area contributed by atoms with Gasteiger partial charge >= 0.3 is 0 Å². The minimum Gasteiger partial charge on any atom is -0.305 e. The van der Waals surface area contributed by atoms with Gasteiger partial charge in [-0.15, -0.1) is 0 Å². The highest BCUT2D eigenvalue weighted by atomic mass is 35.5. The lowest BCUT2D eigenvalue weighted by atomic mass is 10.2. The average Bonchev–Trinajstić information content (AvgIpc) is 2.34. The van der Waals surface area contributed by atoms with Crippen LogP contribution in [0.15, 0.2) is 18.5 Å². The molecule has 0 spiro atoms. The summed E-state index contributed by atoms with van der Waals surface area (Å²) in [6.45, 7) is 0. The smallest absolute Gasteiger partial charge is 0.259 e. The van der Waals surface area contributed by atoms with Crippen molar-refractivity contribution in [1.29, 1.82) is 0 Å². The number of carbonyl (C=O) groups excluding carboxylic acids is 1. The third kappa shape index (κ3) is 3.25. The van der Waals surface area contributed by atoms with Gasteiger partial charge in [0.2, 0.25) is 0 Å². The van der Waals surface area contributed by atoms with Crippen LogP contribution in [0.25, 0.3) is 0 Å². The Hall–Kier alpha value is -1.14. The third-order valence-electron chi connectivity index (χ3n) is 2.04. The summed E-state index contributed by atoms with van der Waals surface area (Å²) < 4.78 is 0. The molecule has 0 aliphatic rings. The zero-order valence-electron chi connectivity index (χ0n) is 8.99. The van der Waals surface area contributed by atoms with Crippen molar-refractivity contribution in [3.63, 3.8) is 0 Å². The van der Waals surface area contributed by atoms with Gasteiger partial charge in [-0.05, 0) is 12.1 Å². The first kappa shape index (κ1) is 14.3. The molecule has 5 nitrogen and oxygen atoms in total. The Kier molecular flexibility index (Phi) is 4.42. The van der Waals surface area contributed by atoms with Crippen molar-refractivity contribution in [2.75, 3.05) is 5.32 Å². The van der Waals surface area contributed by atoms with E-state index in [-0.39, 0.29) is 31.9 Å². The summed E-state index contributed by atoms with van der Waals surface area (Å²) in [5.41, 5.74) is 0.136. The summed E-state index contributed by atoms with van der Waals surface area (Å²) in [7, 11) is 0. The number of halogens is 4. The number of hydrogen-bond acceptors (Lipinski definition) is 4. The Morgan fingerprint density at radius 1 is 1.05 bits per heavy atom. The molecule has 0 aromatic carbocycles. The Labute approximate surface area is 127 Å². The van der Waals surface area contributed by atoms with Crippen LogP contribution in [0.4, 0.5) is 5.82 Å². The highest BCUT2D eigenvalue weighted by Gasteiger charge is 2.15. The summed E-state index contributed by atoms with van der Waals surface area (Å²) >= 11 is 23.0. The van der Waals surface area contributed by atoms with Gasteiger partial charge in [0.25, 0.3) is 5.91 Å². The fraction of sp³-hybridized carbons (Fsp3) is 0. The molecule has 1 N–H and O–H groups in total. The summed E-state index contributed by atoms with van der Waals surface area (Å²) in [5.74, 6) is -0.455. The van der Waals surface area contributed by atoms with E-state index in [1.165, 1.54) is 18.5 Å². The molecule has 0 radical (unpaired) electrons. The van der Waals surface area contributed by atoms with E-state index >= 15 is 0 Å². The first-order chi connectivity index (χ1) is 8.99. The number of aromatic nitrogens is 3. The van der Waals surface area contributed by atoms with Crippen LogP contribution >= 0.6 is 46.4 Å². The largest absolute Gasteiger partial charge is 0.305 e. The lowest BCUT2D eigenvalue weighted by Crippen LogP contribution is -2.14. The number of nitrogens with zero attached hydrogens (tertiary/aromatic N) is 3. The maximum atomic E-state index is 12.0. The van der Waals surface area contributed by atoms with Crippen molar-refractivity contribution in [3.8, 4) is 0 Å². The number of amides is 1. The van der Waals surface area contributed by atoms with E-state index in [9.17, 15) is 4.79 Å². The number of nitrogens with one attached hydrogen (secondary N) is 1.